The molecule has 0 bridgehead atoms. The maximum Gasteiger partial charge on any atom is 0.121 e. The Bertz CT molecular complexity index is 374. The second-order valence-corrected chi connectivity index (χ2v) is 4.76. The van der Waals surface area contributed by atoms with E-state index in [1.54, 1.807) is 7.11 Å². The highest BCUT2D eigenvalue weighted by Gasteiger charge is 2.21. The van der Waals surface area contributed by atoms with Crippen LogP contribution in [0.15, 0.2) is 18.2 Å². The first kappa shape index (κ1) is 12.1. The highest BCUT2D eigenvalue weighted by molar-refractivity contribution is 5.69. The summed E-state index contributed by atoms with van der Waals surface area (Å²) in [6.07, 6.45) is 4.11. The standard InChI is InChI=1S/C14H22N2O/c1-3-16(10-11-5-4-6-11)14-9-12(17-2)7-8-13(14)15/h7-9,11H,3-6,10,15H2,1-2H3. The summed E-state index contributed by atoms with van der Waals surface area (Å²) in [6, 6.07) is 5.88. The molecule has 2 rings (SSSR count). The Kier molecular flexibility index (Phi) is 3.77. The van der Waals surface area contributed by atoms with Crippen LogP contribution in [0.2, 0.25) is 0 Å². The van der Waals surface area contributed by atoms with Gasteiger partial charge in [0.1, 0.15) is 5.75 Å². The Morgan fingerprint density at radius 3 is 2.71 bits per heavy atom. The topological polar surface area (TPSA) is 38.5 Å². The number of nitrogens with two attached hydrogens (primary N) is 1. The van der Waals surface area contributed by atoms with Crippen LogP contribution in [0.3, 0.4) is 0 Å². The zero-order chi connectivity index (χ0) is 12.3. The fraction of sp³-hybridized carbons (Fsp3) is 0.571. The van der Waals surface area contributed by atoms with Gasteiger partial charge in [0, 0.05) is 19.2 Å². The summed E-state index contributed by atoms with van der Waals surface area (Å²) in [7, 11) is 1.69. The lowest BCUT2D eigenvalue weighted by Gasteiger charge is -2.33. The summed E-state index contributed by atoms with van der Waals surface area (Å²) in [5.41, 5.74) is 8.01. The molecule has 0 radical (unpaired) electrons. The molecule has 0 unspecified atom stereocenters. The second-order valence-electron chi connectivity index (χ2n) is 4.76. The van der Waals surface area contributed by atoms with Crippen molar-refractivity contribution in [3.8, 4) is 5.75 Å². The zero-order valence-electron chi connectivity index (χ0n) is 10.8. The summed E-state index contributed by atoms with van der Waals surface area (Å²) in [5.74, 6) is 1.72. The van der Waals surface area contributed by atoms with Crippen molar-refractivity contribution in [2.75, 3.05) is 30.8 Å². The first-order valence-electron chi connectivity index (χ1n) is 6.43. The number of rotatable bonds is 5. The summed E-state index contributed by atoms with van der Waals surface area (Å²) in [4.78, 5) is 2.36. The molecule has 1 saturated carbocycles. The lowest BCUT2D eigenvalue weighted by molar-refractivity contribution is 0.318. The molecule has 0 heterocycles. The molecule has 0 aromatic heterocycles. The van der Waals surface area contributed by atoms with E-state index in [0.29, 0.717) is 0 Å². The summed E-state index contributed by atoms with van der Waals surface area (Å²) in [6.45, 7) is 4.29. The lowest BCUT2D eigenvalue weighted by atomic mass is 9.85. The van der Waals surface area contributed by atoms with E-state index < -0.39 is 0 Å². The lowest BCUT2D eigenvalue weighted by Crippen LogP contribution is -2.32. The van der Waals surface area contributed by atoms with Crippen molar-refractivity contribution in [3.05, 3.63) is 18.2 Å². The van der Waals surface area contributed by atoms with E-state index in [0.717, 1.165) is 36.1 Å². The fourth-order valence-corrected chi connectivity index (χ4v) is 2.31. The average Bonchev–Trinajstić information content (AvgIpc) is 2.29. The van der Waals surface area contributed by atoms with Gasteiger partial charge in [0.2, 0.25) is 0 Å². The number of nitrogen functional groups attached to an aromatic ring is 1. The van der Waals surface area contributed by atoms with Crippen molar-refractivity contribution in [3.63, 3.8) is 0 Å². The number of ether oxygens (including phenoxy) is 1. The second kappa shape index (κ2) is 5.30. The number of anilines is 2. The third-order valence-electron chi connectivity index (χ3n) is 3.66. The highest BCUT2D eigenvalue weighted by atomic mass is 16.5. The van der Waals surface area contributed by atoms with Crippen molar-refractivity contribution in [1.82, 2.24) is 0 Å². The van der Waals surface area contributed by atoms with Crippen LogP contribution in [-0.2, 0) is 0 Å². The monoisotopic (exact) mass is 234 g/mol. The van der Waals surface area contributed by atoms with Gasteiger partial charge in [0.15, 0.2) is 0 Å². The third kappa shape index (κ3) is 2.65. The van der Waals surface area contributed by atoms with Gasteiger partial charge in [-0.05, 0) is 37.8 Å². The SMILES string of the molecule is CCN(CC1CCC1)c1cc(OC)ccc1N. The number of hydrogen-bond acceptors (Lipinski definition) is 3. The van der Waals surface area contributed by atoms with Gasteiger partial charge in [-0.1, -0.05) is 6.42 Å². The van der Waals surface area contributed by atoms with Crippen molar-refractivity contribution in [2.45, 2.75) is 26.2 Å². The molecular weight excluding hydrogens is 212 g/mol. The fourth-order valence-electron chi connectivity index (χ4n) is 2.31. The predicted octanol–water partition coefficient (Wildman–Crippen LogP) is 2.90. The van der Waals surface area contributed by atoms with E-state index in [1.807, 2.05) is 18.2 Å². The van der Waals surface area contributed by atoms with Crippen molar-refractivity contribution in [2.24, 2.45) is 5.92 Å². The zero-order valence-corrected chi connectivity index (χ0v) is 10.8. The molecule has 1 fully saturated rings. The number of nitrogens with zero attached hydrogens (tertiary/aromatic N) is 1. The Hall–Kier alpha value is -1.38. The van der Waals surface area contributed by atoms with Crippen LogP contribution in [0, 0.1) is 5.92 Å². The minimum Gasteiger partial charge on any atom is -0.497 e. The maximum absolute atomic E-state index is 6.06. The molecule has 1 aromatic carbocycles. The van der Waals surface area contributed by atoms with Gasteiger partial charge in [0.05, 0.1) is 18.5 Å². The molecule has 3 nitrogen and oxygen atoms in total. The minimum atomic E-state index is 0.840. The van der Waals surface area contributed by atoms with Crippen LogP contribution >= 0.6 is 0 Å². The molecule has 1 aliphatic rings. The first-order chi connectivity index (χ1) is 8.24. The molecule has 1 aromatic rings. The summed E-state index contributed by atoms with van der Waals surface area (Å²) in [5, 5.41) is 0. The molecule has 3 heteroatoms. The highest BCUT2D eigenvalue weighted by Crippen LogP contribution is 2.32. The maximum atomic E-state index is 6.06. The molecule has 2 N–H and O–H groups in total. The molecule has 1 aliphatic carbocycles. The van der Waals surface area contributed by atoms with Crippen LogP contribution in [0.1, 0.15) is 26.2 Å². The Labute approximate surface area is 104 Å². The van der Waals surface area contributed by atoms with Gasteiger partial charge in [-0.2, -0.15) is 0 Å². The van der Waals surface area contributed by atoms with E-state index in [4.69, 9.17) is 10.5 Å². The summed E-state index contributed by atoms with van der Waals surface area (Å²) >= 11 is 0. The van der Waals surface area contributed by atoms with E-state index in [1.165, 1.54) is 19.3 Å². The largest absolute Gasteiger partial charge is 0.497 e. The van der Waals surface area contributed by atoms with Crippen LogP contribution < -0.4 is 15.4 Å². The van der Waals surface area contributed by atoms with Gasteiger partial charge in [0.25, 0.3) is 0 Å². The molecule has 0 saturated heterocycles. The molecule has 0 spiro atoms. The van der Waals surface area contributed by atoms with Gasteiger partial charge in [-0.25, -0.2) is 0 Å². The Balaban J connectivity index is 2.15. The molecule has 0 amide bonds. The van der Waals surface area contributed by atoms with Crippen LogP contribution in [0.25, 0.3) is 0 Å². The van der Waals surface area contributed by atoms with E-state index in [9.17, 15) is 0 Å². The smallest absolute Gasteiger partial charge is 0.121 e. The Morgan fingerprint density at radius 2 is 2.18 bits per heavy atom. The van der Waals surface area contributed by atoms with Gasteiger partial charge < -0.3 is 15.4 Å². The number of methoxy groups -OCH3 is 1. The van der Waals surface area contributed by atoms with E-state index >= 15 is 0 Å². The third-order valence-corrected chi connectivity index (χ3v) is 3.66. The van der Waals surface area contributed by atoms with Gasteiger partial charge >= 0.3 is 0 Å². The van der Waals surface area contributed by atoms with Crippen molar-refractivity contribution >= 4 is 11.4 Å². The molecule has 17 heavy (non-hydrogen) atoms. The molecule has 94 valence electrons. The molecule has 0 atom stereocenters. The summed E-state index contributed by atoms with van der Waals surface area (Å²) < 4.78 is 5.27. The average molecular weight is 234 g/mol. The normalized spacial score (nSPS) is 15.4. The van der Waals surface area contributed by atoms with Crippen LogP contribution in [-0.4, -0.2) is 20.2 Å². The number of benzene rings is 1. The van der Waals surface area contributed by atoms with Gasteiger partial charge in [-0.3, -0.25) is 0 Å². The number of hydrogen-bond donors (Lipinski definition) is 1. The van der Waals surface area contributed by atoms with Crippen molar-refractivity contribution in [1.29, 1.82) is 0 Å². The molecule has 0 aliphatic heterocycles. The first-order valence-corrected chi connectivity index (χ1v) is 6.43. The quantitative estimate of drug-likeness (QED) is 0.796. The minimum absolute atomic E-state index is 0.840. The predicted molar refractivity (Wildman–Crippen MR) is 72.6 cm³/mol. The van der Waals surface area contributed by atoms with Crippen LogP contribution in [0.5, 0.6) is 5.75 Å². The Morgan fingerprint density at radius 1 is 1.41 bits per heavy atom. The van der Waals surface area contributed by atoms with Gasteiger partial charge in [-0.15, -0.1) is 0 Å². The van der Waals surface area contributed by atoms with Crippen LogP contribution in [0.4, 0.5) is 11.4 Å². The van der Waals surface area contributed by atoms with Crippen molar-refractivity contribution < 1.29 is 4.74 Å². The van der Waals surface area contributed by atoms with E-state index in [-0.39, 0.29) is 0 Å². The molecular formula is C14H22N2O. The van der Waals surface area contributed by atoms with E-state index in [2.05, 4.69) is 11.8 Å².